The summed E-state index contributed by atoms with van der Waals surface area (Å²) in [7, 11) is 0. The van der Waals surface area contributed by atoms with Crippen molar-refractivity contribution in [2.45, 2.75) is 25.3 Å². The van der Waals surface area contributed by atoms with E-state index in [1.165, 1.54) is 5.56 Å². The third-order valence-corrected chi connectivity index (χ3v) is 3.24. The van der Waals surface area contributed by atoms with Crippen molar-refractivity contribution in [1.82, 2.24) is 0 Å². The fourth-order valence-electron chi connectivity index (χ4n) is 1.94. The lowest BCUT2D eigenvalue weighted by Crippen LogP contribution is -2.42. The average Bonchev–Trinajstić information content (AvgIpc) is 2.58. The second-order valence-corrected chi connectivity index (χ2v) is 4.84. The van der Waals surface area contributed by atoms with Gasteiger partial charge in [0.15, 0.2) is 0 Å². The molecule has 2 rings (SSSR count). The molecule has 1 atom stereocenters. The molecule has 1 aliphatic rings. The number of aryl methyl sites for hydroxylation is 1. The lowest BCUT2D eigenvalue weighted by molar-refractivity contribution is 0.178. The molecule has 1 saturated heterocycles. The zero-order valence-corrected chi connectivity index (χ0v) is 9.68. The second-order valence-electron chi connectivity index (χ2n) is 4.44. The Hall–Kier alpha value is -0.570. The SMILES string of the molecule is Cc1ccc(CC2(N)CCOC2)c(Cl)c1. The molecule has 2 N–H and O–H groups in total. The van der Waals surface area contributed by atoms with Gasteiger partial charge in [0.1, 0.15) is 0 Å². The quantitative estimate of drug-likeness (QED) is 0.839. The molecule has 0 spiro atoms. The average molecular weight is 226 g/mol. The number of ether oxygens (including phenoxy) is 1. The predicted octanol–water partition coefficient (Wildman–Crippen LogP) is 2.31. The van der Waals surface area contributed by atoms with Crippen molar-refractivity contribution in [3.63, 3.8) is 0 Å². The van der Waals surface area contributed by atoms with E-state index in [-0.39, 0.29) is 5.54 Å². The first-order chi connectivity index (χ1) is 7.09. The van der Waals surface area contributed by atoms with Crippen molar-refractivity contribution in [2.24, 2.45) is 5.73 Å². The number of hydrogen-bond donors (Lipinski definition) is 1. The summed E-state index contributed by atoms with van der Waals surface area (Å²) >= 11 is 6.17. The Morgan fingerprint density at radius 1 is 1.53 bits per heavy atom. The Labute approximate surface area is 95.4 Å². The Kier molecular flexibility index (Phi) is 3.01. The van der Waals surface area contributed by atoms with E-state index < -0.39 is 0 Å². The maximum atomic E-state index is 6.21. The molecule has 0 amide bonds. The van der Waals surface area contributed by atoms with Crippen LogP contribution in [0.2, 0.25) is 5.02 Å². The predicted molar refractivity (Wildman–Crippen MR) is 62.2 cm³/mol. The van der Waals surface area contributed by atoms with Crippen LogP contribution >= 0.6 is 11.6 Å². The molecule has 0 aromatic heterocycles. The van der Waals surface area contributed by atoms with Gasteiger partial charge in [0.2, 0.25) is 0 Å². The van der Waals surface area contributed by atoms with Gasteiger partial charge in [-0.05, 0) is 37.0 Å². The van der Waals surface area contributed by atoms with Crippen LogP contribution in [0.3, 0.4) is 0 Å². The Morgan fingerprint density at radius 2 is 2.33 bits per heavy atom. The first-order valence-corrected chi connectivity index (χ1v) is 5.59. The standard InChI is InChI=1S/C12H16ClNO/c1-9-2-3-10(11(13)6-9)7-12(14)4-5-15-8-12/h2-3,6H,4-5,7-8,14H2,1H3. The van der Waals surface area contributed by atoms with Crippen LogP contribution < -0.4 is 5.73 Å². The zero-order valence-electron chi connectivity index (χ0n) is 8.92. The van der Waals surface area contributed by atoms with E-state index >= 15 is 0 Å². The lowest BCUT2D eigenvalue weighted by atomic mass is 9.91. The Bertz CT molecular complexity index is 359. The fraction of sp³-hybridized carbons (Fsp3) is 0.500. The molecule has 1 aromatic rings. The van der Waals surface area contributed by atoms with Crippen LogP contribution in [0.4, 0.5) is 0 Å². The van der Waals surface area contributed by atoms with Crippen LogP contribution in [-0.4, -0.2) is 18.8 Å². The van der Waals surface area contributed by atoms with Gasteiger partial charge in [-0.3, -0.25) is 0 Å². The third kappa shape index (κ3) is 2.51. The topological polar surface area (TPSA) is 35.2 Å². The first-order valence-electron chi connectivity index (χ1n) is 5.21. The molecular weight excluding hydrogens is 210 g/mol. The van der Waals surface area contributed by atoms with Crippen LogP contribution in [0.5, 0.6) is 0 Å². The van der Waals surface area contributed by atoms with Crippen LogP contribution in [0.1, 0.15) is 17.5 Å². The molecule has 1 aromatic carbocycles. The van der Waals surface area contributed by atoms with Crippen LogP contribution in [0.25, 0.3) is 0 Å². The number of benzene rings is 1. The highest BCUT2D eigenvalue weighted by atomic mass is 35.5. The molecule has 1 fully saturated rings. The van der Waals surface area contributed by atoms with Gasteiger partial charge >= 0.3 is 0 Å². The van der Waals surface area contributed by atoms with Gasteiger partial charge in [-0.25, -0.2) is 0 Å². The Balaban J connectivity index is 2.16. The van der Waals surface area contributed by atoms with Crippen molar-refractivity contribution >= 4 is 11.6 Å². The van der Waals surface area contributed by atoms with E-state index in [1.807, 2.05) is 13.0 Å². The zero-order chi connectivity index (χ0) is 10.9. The van der Waals surface area contributed by atoms with E-state index in [9.17, 15) is 0 Å². The third-order valence-electron chi connectivity index (χ3n) is 2.88. The molecular formula is C12H16ClNO. The van der Waals surface area contributed by atoms with Gasteiger partial charge in [-0.2, -0.15) is 0 Å². The highest BCUT2D eigenvalue weighted by molar-refractivity contribution is 6.31. The number of hydrogen-bond acceptors (Lipinski definition) is 2. The Morgan fingerprint density at radius 3 is 2.93 bits per heavy atom. The first kappa shape index (κ1) is 10.9. The van der Waals surface area contributed by atoms with E-state index in [1.54, 1.807) is 0 Å². The summed E-state index contributed by atoms with van der Waals surface area (Å²) in [6, 6.07) is 6.11. The van der Waals surface area contributed by atoms with E-state index in [0.29, 0.717) is 6.61 Å². The summed E-state index contributed by atoms with van der Waals surface area (Å²) in [5.74, 6) is 0. The number of nitrogens with two attached hydrogens (primary N) is 1. The highest BCUT2D eigenvalue weighted by Gasteiger charge is 2.31. The van der Waals surface area contributed by atoms with Crippen molar-refractivity contribution in [2.75, 3.05) is 13.2 Å². The number of rotatable bonds is 2. The fourth-order valence-corrected chi connectivity index (χ4v) is 2.24. The molecule has 2 nitrogen and oxygen atoms in total. The van der Waals surface area contributed by atoms with Crippen LogP contribution in [0, 0.1) is 6.92 Å². The summed E-state index contributed by atoms with van der Waals surface area (Å²) in [5.41, 5.74) is 8.29. The minimum absolute atomic E-state index is 0.223. The van der Waals surface area contributed by atoms with Gasteiger partial charge in [-0.15, -0.1) is 0 Å². The monoisotopic (exact) mass is 225 g/mol. The van der Waals surface area contributed by atoms with Gasteiger partial charge in [0.25, 0.3) is 0 Å². The van der Waals surface area contributed by atoms with Gasteiger partial charge in [0.05, 0.1) is 6.61 Å². The molecule has 0 aliphatic carbocycles. The molecule has 0 saturated carbocycles. The molecule has 0 radical (unpaired) electrons. The minimum Gasteiger partial charge on any atom is -0.379 e. The van der Waals surface area contributed by atoms with E-state index in [2.05, 4.69) is 12.1 Å². The summed E-state index contributed by atoms with van der Waals surface area (Å²) in [5, 5.41) is 0.812. The van der Waals surface area contributed by atoms with Crippen molar-refractivity contribution < 1.29 is 4.74 Å². The van der Waals surface area contributed by atoms with E-state index in [4.69, 9.17) is 22.1 Å². The highest BCUT2D eigenvalue weighted by Crippen LogP contribution is 2.25. The molecule has 1 heterocycles. The second kappa shape index (κ2) is 4.12. The van der Waals surface area contributed by atoms with E-state index in [0.717, 1.165) is 30.0 Å². The molecule has 1 unspecified atom stereocenters. The molecule has 1 aliphatic heterocycles. The molecule has 3 heteroatoms. The lowest BCUT2D eigenvalue weighted by Gasteiger charge is -2.22. The summed E-state index contributed by atoms with van der Waals surface area (Å²) in [4.78, 5) is 0. The summed E-state index contributed by atoms with van der Waals surface area (Å²) in [6.45, 7) is 3.43. The molecule has 82 valence electrons. The van der Waals surface area contributed by atoms with Crippen molar-refractivity contribution in [3.8, 4) is 0 Å². The maximum Gasteiger partial charge on any atom is 0.0650 e. The van der Waals surface area contributed by atoms with Gasteiger partial charge in [-0.1, -0.05) is 23.7 Å². The van der Waals surface area contributed by atoms with Gasteiger partial charge in [0, 0.05) is 17.2 Å². The minimum atomic E-state index is -0.223. The summed E-state index contributed by atoms with van der Waals surface area (Å²) < 4.78 is 5.33. The number of halogens is 1. The van der Waals surface area contributed by atoms with Crippen molar-refractivity contribution in [1.29, 1.82) is 0 Å². The van der Waals surface area contributed by atoms with Gasteiger partial charge < -0.3 is 10.5 Å². The molecule has 0 bridgehead atoms. The summed E-state index contributed by atoms with van der Waals surface area (Å²) in [6.07, 6.45) is 1.71. The largest absolute Gasteiger partial charge is 0.379 e. The van der Waals surface area contributed by atoms with Crippen LogP contribution in [0.15, 0.2) is 18.2 Å². The van der Waals surface area contributed by atoms with Crippen LogP contribution in [-0.2, 0) is 11.2 Å². The molecule has 15 heavy (non-hydrogen) atoms. The van der Waals surface area contributed by atoms with Crippen molar-refractivity contribution in [3.05, 3.63) is 34.3 Å². The maximum absolute atomic E-state index is 6.21. The normalized spacial score (nSPS) is 25.8. The smallest absolute Gasteiger partial charge is 0.0650 e.